The lowest BCUT2D eigenvalue weighted by Crippen LogP contribution is -2.49. The normalized spacial score (nSPS) is 22.3. The fourth-order valence-corrected chi connectivity index (χ4v) is 5.79. The molecule has 1 atom stereocenters. The number of rotatable bonds is 5. The third-order valence-electron chi connectivity index (χ3n) is 7.78. The number of aliphatic hydroxyl groups excluding tert-OH is 1. The van der Waals surface area contributed by atoms with E-state index in [9.17, 15) is 27.5 Å². The molecular formula is C26H25BrF4N4O2. The molecule has 2 aliphatic heterocycles. The summed E-state index contributed by atoms with van der Waals surface area (Å²) >= 11 is 3.35. The van der Waals surface area contributed by atoms with Crippen molar-refractivity contribution in [1.82, 2.24) is 10.3 Å². The monoisotopic (exact) mass is 580 g/mol. The lowest BCUT2D eigenvalue weighted by atomic mass is 9.87. The van der Waals surface area contributed by atoms with Crippen molar-refractivity contribution in [3.8, 4) is 0 Å². The Morgan fingerprint density at radius 2 is 1.84 bits per heavy atom. The molecule has 6 rings (SSSR count). The number of alkyl halides is 3. The van der Waals surface area contributed by atoms with Gasteiger partial charge in [-0.3, -0.25) is 9.79 Å². The molecule has 1 unspecified atom stereocenters. The van der Waals surface area contributed by atoms with E-state index in [0.717, 1.165) is 31.7 Å². The van der Waals surface area contributed by atoms with Gasteiger partial charge in [0.2, 0.25) is 0 Å². The number of amidine groups is 1. The lowest BCUT2D eigenvalue weighted by Gasteiger charge is -2.38. The SMILES string of the molecule is O=C1NC(c2ccc(C(F)(F)F)nc2C2CC2)=NC12CCN(c1cc(Br)cc(F)c1C(O)C1CC1)CC2. The first-order chi connectivity index (χ1) is 17.6. The molecule has 11 heteroatoms. The van der Waals surface area contributed by atoms with Gasteiger partial charge >= 0.3 is 6.18 Å². The fourth-order valence-electron chi connectivity index (χ4n) is 5.37. The van der Waals surface area contributed by atoms with Crippen LogP contribution in [0.5, 0.6) is 0 Å². The summed E-state index contributed by atoms with van der Waals surface area (Å²) in [6, 6.07) is 5.43. The average Bonchev–Trinajstić information content (AvgIpc) is 3.76. The fraction of sp³-hybridized carbons (Fsp3) is 0.500. The summed E-state index contributed by atoms with van der Waals surface area (Å²) in [5.74, 6) is -0.512. The second-order valence-electron chi connectivity index (χ2n) is 10.4. The summed E-state index contributed by atoms with van der Waals surface area (Å²) < 4.78 is 55.2. The van der Waals surface area contributed by atoms with Gasteiger partial charge in [0.05, 0.1) is 11.8 Å². The van der Waals surface area contributed by atoms with Crippen molar-refractivity contribution >= 4 is 33.4 Å². The molecule has 3 fully saturated rings. The average molecular weight is 581 g/mol. The van der Waals surface area contributed by atoms with Gasteiger partial charge in [-0.25, -0.2) is 9.37 Å². The van der Waals surface area contributed by atoms with Crippen LogP contribution in [0.2, 0.25) is 0 Å². The first-order valence-electron chi connectivity index (χ1n) is 12.5. The molecule has 196 valence electrons. The number of aromatic nitrogens is 1. The highest BCUT2D eigenvalue weighted by molar-refractivity contribution is 9.10. The molecule has 2 aliphatic carbocycles. The molecule has 1 saturated heterocycles. The van der Waals surface area contributed by atoms with Crippen LogP contribution in [0.4, 0.5) is 23.2 Å². The number of pyridine rings is 1. The first-order valence-corrected chi connectivity index (χ1v) is 13.3. The molecule has 1 amide bonds. The molecule has 2 N–H and O–H groups in total. The summed E-state index contributed by atoms with van der Waals surface area (Å²) in [7, 11) is 0. The zero-order chi connectivity index (χ0) is 26.1. The van der Waals surface area contributed by atoms with Gasteiger partial charge in [-0.05, 0) is 68.7 Å². The van der Waals surface area contributed by atoms with Crippen molar-refractivity contribution in [2.24, 2.45) is 10.9 Å². The number of piperidine rings is 1. The number of carbonyl (C=O) groups is 1. The van der Waals surface area contributed by atoms with Crippen LogP contribution in [0.3, 0.4) is 0 Å². The molecule has 6 nitrogen and oxygen atoms in total. The Labute approximate surface area is 219 Å². The molecule has 4 aliphatic rings. The molecule has 3 heterocycles. The van der Waals surface area contributed by atoms with Crippen LogP contribution < -0.4 is 10.2 Å². The van der Waals surface area contributed by atoms with E-state index in [0.29, 0.717) is 47.3 Å². The van der Waals surface area contributed by atoms with Gasteiger partial charge in [0.15, 0.2) is 0 Å². The maximum absolute atomic E-state index is 14.9. The Balaban J connectivity index is 1.27. The minimum absolute atomic E-state index is 0.0522. The van der Waals surface area contributed by atoms with Crippen molar-refractivity contribution < 1.29 is 27.5 Å². The van der Waals surface area contributed by atoms with Gasteiger partial charge in [0.25, 0.3) is 5.91 Å². The van der Waals surface area contributed by atoms with Gasteiger partial charge in [-0.15, -0.1) is 0 Å². The smallest absolute Gasteiger partial charge is 0.388 e. The lowest BCUT2D eigenvalue weighted by molar-refractivity contribution is -0.141. The highest BCUT2D eigenvalue weighted by Gasteiger charge is 2.48. The number of benzene rings is 1. The van der Waals surface area contributed by atoms with Crippen LogP contribution in [-0.4, -0.2) is 40.5 Å². The molecule has 37 heavy (non-hydrogen) atoms. The van der Waals surface area contributed by atoms with Crippen LogP contribution in [0, 0.1) is 11.7 Å². The van der Waals surface area contributed by atoms with Gasteiger partial charge in [0, 0.05) is 40.3 Å². The Hall–Kier alpha value is -2.53. The molecule has 0 bridgehead atoms. The number of nitrogens with zero attached hydrogens (tertiary/aromatic N) is 3. The highest BCUT2D eigenvalue weighted by Crippen LogP contribution is 2.47. The highest BCUT2D eigenvalue weighted by atomic mass is 79.9. The third kappa shape index (κ3) is 4.54. The van der Waals surface area contributed by atoms with Crippen molar-refractivity contribution in [2.45, 2.75) is 62.3 Å². The van der Waals surface area contributed by atoms with Gasteiger partial charge in [0.1, 0.15) is 22.9 Å². The number of hydrogen-bond donors (Lipinski definition) is 2. The minimum atomic E-state index is -4.55. The van der Waals surface area contributed by atoms with Crippen molar-refractivity contribution in [1.29, 1.82) is 0 Å². The van der Waals surface area contributed by atoms with E-state index in [-0.39, 0.29) is 29.1 Å². The number of hydrogen-bond acceptors (Lipinski definition) is 5. The second-order valence-corrected chi connectivity index (χ2v) is 11.4. The predicted octanol–water partition coefficient (Wildman–Crippen LogP) is 5.24. The molecule has 1 spiro atoms. The van der Waals surface area contributed by atoms with E-state index >= 15 is 0 Å². The summed E-state index contributed by atoms with van der Waals surface area (Å²) in [4.78, 5) is 23.7. The molecular weight excluding hydrogens is 556 g/mol. The first kappa shape index (κ1) is 24.8. The van der Waals surface area contributed by atoms with Gasteiger partial charge < -0.3 is 15.3 Å². The standard InChI is InChI=1S/C26H25BrF4N4O2/c27-15-11-17(28)20(22(36)14-3-4-14)18(12-15)35-9-7-25(8-10-35)24(37)33-23(34-25)16-5-6-19(26(29,30)31)32-21(16)13-1-2-13/h5-6,11-14,22,36H,1-4,7-10H2,(H,33,34,37). The van der Waals surface area contributed by atoms with E-state index < -0.39 is 29.3 Å². The minimum Gasteiger partial charge on any atom is -0.388 e. The summed E-state index contributed by atoms with van der Waals surface area (Å²) in [6.07, 6.45) is -1.51. The predicted molar refractivity (Wildman–Crippen MR) is 132 cm³/mol. The molecule has 1 aromatic heterocycles. The van der Waals surface area contributed by atoms with Crippen LogP contribution in [0.25, 0.3) is 0 Å². The van der Waals surface area contributed by atoms with E-state index in [1.165, 1.54) is 12.1 Å². The van der Waals surface area contributed by atoms with Gasteiger partial charge in [-0.2, -0.15) is 13.2 Å². The number of anilines is 1. The summed E-state index contributed by atoms with van der Waals surface area (Å²) in [5, 5.41) is 13.6. The largest absolute Gasteiger partial charge is 0.433 e. The van der Waals surface area contributed by atoms with Gasteiger partial charge in [-0.1, -0.05) is 15.9 Å². The van der Waals surface area contributed by atoms with Crippen LogP contribution in [0.1, 0.15) is 73.1 Å². The topological polar surface area (TPSA) is 77.8 Å². The summed E-state index contributed by atoms with van der Waals surface area (Å²) in [6.45, 7) is 0.816. The zero-order valence-corrected chi connectivity index (χ0v) is 21.4. The van der Waals surface area contributed by atoms with Crippen LogP contribution in [-0.2, 0) is 11.0 Å². The third-order valence-corrected chi connectivity index (χ3v) is 8.24. The molecule has 2 aromatic rings. The van der Waals surface area contributed by atoms with Crippen molar-refractivity contribution in [2.75, 3.05) is 18.0 Å². The maximum Gasteiger partial charge on any atom is 0.433 e. The van der Waals surface area contributed by atoms with Crippen LogP contribution in [0.15, 0.2) is 33.7 Å². The summed E-state index contributed by atoms with van der Waals surface area (Å²) in [5.41, 5.74) is -0.344. The quantitative estimate of drug-likeness (QED) is 0.474. The van der Waals surface area contributed by atoms with E-state index in [2.05, 4.69) is 26.2 Å². The molecule has 1 aromatic carbocycles. The van der Waals surface area contributed by atoms with Crippen molar-refractivity contribution in [3.05, 3.63) is 57.1 Å². The Kier molecular flexibility index (Phi) is 5.87. The number of aliphatic hydroxyl groups is 1. The van der Waals surface area contributed by atoms with Crippen LogP contribution >= 0.6 is 15.9 Å². The van der Waals surface area contributed by atoms with E-state index in [4.69, 9.17) is 4.99 Å². The molecule has 2 saturated carbocycles. The number of carbonyl (C=O) groups excluding carboxylic acids is 1. The number of amides is 1. The number of halogens is 5. The molecule has 0 radical (unpaired) electrons. The number of aliphatic imine (C=N–C) groups is 1. The Morgan fingerprint density at radius 3 is 2.46 bits per heavy atom. The van der Waals surface area contributed by atoms with E-state index in [1.54, 1.807) is 6.07 Å². The second kappa shape index (κ2) is 8.76. The Morgan fingerprint density at radius 1 is 1.14 bits per heavy atom. The zero-order valence-electron chi connectivity index (χ0n) is 19.8. The Bertz CT molecular complexity index is 1300. The number of nitrogens with one attached hydrogen (secondary N) is 1. The van der Waals surface area contributed by atoms with Crippen molar-refractivity contribution in [3.63, 3.8) is 0 Å². The maximum atomic E-state index is 14.9. The van der Waals surface area contributed by atoms with E-state index in [1.807, 2.05) is 4.90 Å².